The van der Waals surface area contributed by atoms with E-state index in [1.165, 1.54) is 11.3 Å². The quantitative estimate of drug-likeness (QED) is 0.789. The van der Waals surface area contributed by atoms with Crippen molar-refractivity contribution in [3.8, 4) is 5.69 Å². The maximum atomic E-state index is 12.4. The molecule has 1 N–H and O–H groups in total. The predicted octanol–water partition coefficient (Wildman–Crippen LogP) is 2.83. The Kier molecular flexibility index (Phi) is 4.06. The van der Waals surface area contributed by atoms with Gasteiger partial charge in [-0.15, -0.1) is 21.5 Å². The van der Waals surface area contributed by atoms with Gasteiger partial charge in [0.15, 0.2) is 0 Å². The third kappa shape index (κ3) is 2.93. The van der Waals surface area contributed by atoms with Crippen LogP contribution in [-0.2, 0) is 4.74 Å². The van der Waals surface area contributed by atoms with Gasteiger partial charge in [-0.2, -0.15) is 0 Å². The number of aromatic nitrogens is 4. The smallest absolute Gasteiger partial charge is 0.277 e. The van der Waals surface area contributed by atoms with Crippen LogP contribution in [0.15, 0.2) is 42.0 Å². The van der Waals surface area contributed by atoms with E-state index in [0.717, 1.165) is 30.1 Å². The summed E-state index contributed by atoms with van der Waals surface area (Å²) in [7, 11) is 0. The molecule has 8 heteroatoms. The normalized spacial score (nSPS) is 17.1. The van der Waals surface area contributed by atoms with E-state index in [1.54, 1.807) is 16.3 Å². The Balaban J connectivity index is 1.52. The van der Waals surface area contributed by atoms with Crippen LogP contribution in [0.5, 0.6) is 0 Å². The molecule has 3 heterocycles. The van der Waals surface area contributed by atoms with Gasteiger partial charge in [-0.3, -0.25) is 14.7 Å². The molecule has 7 nitrogen and oxygen atoms in total. The monoisotopic (exact) mass is 341 g/mol. The Morgan fingerprint density at radius 2 is 2.21 bits per heavy atom. The number of amides is 1. The summed E-state index contributed by atoms with van der Waals surface area (Å²) >= 11 is 1.45. The van der Waals surface area contributed by atoms with Gasteiger partial charge >= 0.3 is 0 Å². The van der Waals surface area contributed by atoms with Gasteiger partial charge in [0.05, 0.1) is 5.69 Å². The average Bonchev–Trinajstić information content (AvgIpc) is 3.36. The van der Waals surface area contributed by atoms with Crippen LogP contribution < -0.4 is 5.32 Å². The van der Waals surface area contributed by atoms with Crippen molar-refractivity contribution >= 4 is 23.2 Å². The number of hydrogen-bond donors (Lipinski definition) is 1. The van der Waals surface area contributed by atoms with E-state index in [1.807, 2.05) is 30.3 Å². The maximum Gasteiger partial charge on any atom is 0.277 e. The molecular formula is C16H15N5O2S. The number of para-hydroxylation sites is 1. The standard InChI is InChI=1S/C16H15N5O2S/c22-14(12-9-24-15(18-12)13-7-4-8-23-13)19-16-20-17-10-21(16)11-5-2-1-3-6-11/h1-3,5-6,9-10,13H,4,7-8H2,(H,19,20,22)/t13-/m1/s1. The minimum atomic E-state index is -0.305. The molecular weight excluding hydrogens is 326 g/mol. The second kappa shape index (κ2) is 6.50. The summed E-state index contributed by atoms with van der Waals surface area (Å²) in [6.07, 6.45) is 3.57. The highest BCUT2D eigenvalue weighted by Gasteiger charge is 2.23. The van der Waals surface area contributed by atoms with Crippen molar-refractivity contribution in [3.63, 3.8) is 0 Å². The van der Waals surface area contributed by atoms with Gasteiger partial charge in [-0.05, 0) is 25.0 Å². The minimum Gasteiger partial charge on any atom is -0.371 e. The van der Waals surface area contributed by atoms with Crippen molar-refractivity contribution < 1.29 is 9.53 Å². The maximum absolute atomic E-state index is 12.4. The van der Waals surface area contributed by atoms with Crippen LogP contribution in [0.3, 0.4) is 0 Å². The molecule has 0 spiro atoms. The Morgan fingerprint density at radius 1 is 1.33 bits per heavy atom. The number of nitrogens with one attached hydrogen (secondary N) is 1. The van der Waals surface area contributed by atoms with Crippen LogP contribution >= 0.6 is 11.3 Å². The lowest BCUT2D eigenvalue weighted by molar-refractivity contribution is 0.101. The summed E-state index contributed by atoms with van der Waals surface area (Å²) in [5.74, 6) is 0.0542. The second-order valence-corrected chi connectivity index (χ2v) is 6.28. The summed E-state index contributed by atoms with van der Waals surface area (Å²) in [4.78, 5) is 16.8. The number of nitrogens with zero attached hydrogens (tertiary/aromatic N) is 4. The number of anilines is 1. The highest BCUT2D eigenvalue weighted by Crippen LogP contribution is 2.30. The molecule has 4 rings (SSSR count). The number of benzene rings is 1. The predicted molar refractivity (Wildman–Crippen MR) is 89.4 cm³/mol. The van der Waals surface area contributed by atoms with E-state index in [4.69, 9.17) is 4.74 Å². The van der Waals surface area contributed by atoms with E-state index >= 15 is 0 Å². The first-order chi connectivity index (χ1) is 11.8. The summed E-state index contributed by atoms with van der Waals surface area (Å²) in [6, 6.07) is 9.58. The molecule has 0 unspecified atom stereocenters. The van der Waals surface area contributed by atoms with Crippen molar-refractivity contribution in [2.75, 3.05) is 11.9 Å². The topological polar surface area (TPSA) is 81.9 Å². The summed E-state index contributed by atoms with van der Waals surface area (Å²) in [5.41, 5.74) is 1.24. The molecule has 1 fully saturated rings. The van der Waals surface area contributed by atoms with Crippen LogP contribution in [0.4, 0.5) is 5.95 Å². The zero-order chi connectivity index (χ0) is 16.4. The molecule has 0 saturated carbocycles. The lowest BCUT2D eigenvalue weighted by Gasteiger charge is -2.06. The third-order valence-electron chi connectivity index (χ3n) is 3.77. The molecule has 1 aliphatic heterocycles. The van der Waals surface area contributed by atoms with E-state index in [9.17, 15) is 4.79 Å². The molecule has 1 aromatic carbocycles. The first-order valence-electron chi connectivity index (χ1n) is 7.65. The van der Waals surface area contributed by atoms with Gasteiger partial charge in [0.25, 0.3) is 5.91 Å². The minimum absolute atomic E-state index is 0.0181. The summed E-state index contributed by atoms with van der Waals surface area (Å²) in [5, 5.41) is 13.2. The van der Waals surface area contributed by atoms with Crippen LogP contribution in [0, 0.1) is 0 Å². The van der Waals surface area contributed by atoms with Crippen molar-refractivity contribution in [1.82, 2.24) is 19.7 Å². The van der Waals surface area contributed by atoms with Crippen LogP contribution in [0.2, 0.25) is 0 Å². The Labute approximate surface area is 142 Å². The van der Waals surface area contributed by atoms with Gasteiger partial charge in [0.2, 0.25) is 5.95 Å². The number of rotatable bonds is 4. The van der Waals surface area contributed by atoms with Crippen molar-refractivity contribution in [2.24, 2.45) is 0 Å². The third-order valence-corrected chi connectivity index (χ3v) is 4.70. The second-order valence-electron chi connectivity index (χ2n) is 5.39. The molecule has 1 atom stereocenters. The summed E-state index contributed by atoms with van der Waals surface area (Å²) in [6.45, 7) is 0.756. The SMILES string of the molecule is O=C(Nc1nncn1-c1ccccc1)c1csc([C@H]2CCCO2)n1. The van der Waals surface area contributed by atoms with Crippen molar-refractivity contribution in [3.05, 3.63) is 52.7 Å². The molecule has 0 radical (unpaired) electrons. The largest absolute Gasteiger partial charge is 0.371 e. The molecule has 1 aliphatic rings. The number of carbonyl (C=O) groups is 1. The number of ether oxygens (including phenoxy) is 1. The fourth-order valence-corrected chi connectivity index (χ4v) is 3.46. The fourth-order valence-electron chi connectivity index (χ4n) is 2.58. The van der Waals surface area contributed by atoms with E-state index in [-0.39, 0.29) is 12.0 Å². The lowest BCUT2D eigenvalue weighted by atomic mass is 10.2. The van der Waals surface area contributed by atoms with Gasteiger partial charge in [-0.25, -0.2) is 4.98 Å². The van der Waals surface area contributed by atoms with Crippen LogP contribution in [-0.4, -0.2) is 32.3 Å². The van der Waals surface area contributed by atoms with Gasteiger partial charge in [-0.1, -0.05) is 18.2 Å². The Bertz CT molecular complexity index is 839. The van der Waals surface area contributed by atoms with Crippen LogP contribution in [0.25, 0.3) is 5.69 Å². The summed E-state index contributed by atoms with van der Waals surface area (Å²) < 4.78 is 7.32. The average molecular weight is 341 g/mol. The zero-order valence-corrected chi connectivity index (χ0v) is 13.6. The number of carbonyl (C=O) groups excluding carboxylic acids is 1. The van der Waals surface area contributed by atoms with Gasteiger partial charge in [0, 0.05) is 12.0 Å². The molecule has 0 bridgehead atoms. The Hall–Kier alpha value is -2.58. The first kappa shape index (κ1) is 15.0. The van der Waals surface area contributed by atoms with Crippen molar-refractivity contribution in [2.45, 2.75) is 18.9 Å². The van der Waals surface area contributed by atoms with Crippen LogP contribution in [0.1, 0.15) is 34.4 Å². The lowest BCUT2D eigenvalue weighted by Crippen LogP contribution is -2.16. The molecule has 3 aromatic rings. The first-order valence-corrected chi connectivity index (χ1v) is 8.53. The number of thiazole rings is 1. The molecule has 122 valence electrons. The molecule has 2 aromatic heterocycles. The van der Waals surface area contributed by atoms with Gasteiger partial charge < -0.3 is 4.74 Å². The highest BCUT2D eigenvalue weighted by molar-refractivity contribution is 7.09. The number of hydrogen-bond acceptors (Lipinski definition) is 6. The van der Waals surface area contributed by atoms with E-state index in [0.29, 0.717) is 11.6 Å². The molecule has 0 aliphatic carbocycles. The highest BCUT2D eigenvalue weighted by atomic mass is 32.1. The van der Waals surface area contributed by atoms with E-state index in [2.05, 4.69) is 20.5 Å². The molecule has 1 saturated heterocycles. The van der Waals surface area contributed by atoms with E-state index < -0.39 is 0 Å². The van der Waals surface area contributed by atoms with Crippen molar-refractivity contribution in [1.29, 1.82) is 0 Å². The molecule has 24 heavy (non-hydrogen) atoms. The Morgan fingerprint density at radius 3 is 3.00 bits per heavy atom. The fraction of sp³-hybridized carbons (Fsp3) is 0.250. The van der Waals surface area contributed by atoms with Gasteiger partial charge in [0.1, 0.15) is 23.1 Å². The molecule has 1 amide bonds. The zero-order valence-electron chi connectivity index (χ0n) is 12.8.